The maximum atomic E-state index is 13.6. The van der Waals surface area contributed by atoms with Gasteiger partial charge in [-0.05, 0) is 48.0 Å². The van der Waals surface area contributed by atoms with Crippen molar-refractivity contribution in [3.05, 3.63) is 71.2 Å². The molecule has 2 amide bonds. The Morgan fingerprint density at radius 1 is 1.06 bits per heavy atom. The number of anilines is 1. The topological polar surface area (TPSA) is 96.3 Å². The molecule has 0 unspecified atom stereocenters. The SMILES string of the molecule is COCC1=C2B(O)O[C@H](c3ccccc3O)C[C@H]2[C@H]2C(=O)N(c3ccccc3)C(=O)[C@H]2C1. The Morgan fingerprint density at radius 2 is 1.78 bits per heavy atom. The van der Waals surface area contributed by atoms with Gasteiger partial charge in [0.1, 0.15) is 5.75 Å². The molecule has 0 bridgehead atoms. The molecule has 2 saturated heterocycles. The monoisotopic (exact) mass is 433 g/mol. The molecule has 1 aliphatic carbocycles. The molecule has 3 aliphatic rings. The van der Waals surface area contributed by atoms with E-state index in [2.05, 4.69) is 0 Å². The van der Waals surface area contributed by atoms with Crippen LogP contribution >= 0.6 is 0 Å². The predicted octanol–water partition coefficient (Wildman–Crippen LogP) is 2.64. The van der Waals surface area contributed by atoms with Crippen LogP contribution in [0.15, 0.2) is 65.6 Å². The lowest BCUT2D eigenvalue weighted by Gasteiger charge is -2.42. The first-order chi connectivity index (χ1) is 15.5. The lowest BCUT2D eigenvalue weighted by molar-refractivity contribution is -0.123. The Bertz CT molecular complexity index is 1090. The molecule has 2 N–H and O–H groups in total. The Kier molecular flexibility index (Phi) is 5.37. The quantitative estimate of drug-likeness (QED) is 0.569. The Labute approximate surface area is 186 Å². The number of phenols is 1. The van der Waals surface area contributed by atoms with E-state index in [1.165, 1.54) is 4.90 Å². The number of benzene rings is 2. The highest BCUT2D eigenvalue weighted by molar-refractivity contribution is 6.53. The Balaban J connectivity index is 1.56. The van der Waals surface area contributed by atoms with Crippen LogP contribution in [0, 0.1) is 17.8 Å². The van der Waals surface area contributed by atoms with Crippen LogP contribution in [0.3, 0.4) is 0 Å². The maximum Gasteiger partial charge on any atom is 0.487 e. The first kappa shape index (κ1) is 20.9. The van der Waals surface area contributed by atoms with E-state index in [9.17, 15) is 19.7 Å². The molecule has 5 rings (SSSR count). The molecule has 2 heterocycles. The second kappa shape index (κ2) is 8.20. The van der Waals surface area contributed by atoms with Crippen molar-refractivity contribution in [2.45, 2.75) is 18.9 Å². The number of hydrogen-bond donors (Lipinski definition) is 2. The van der Waals surface area contributed by atoms with Gasteiger partial charge in [-0.15, -0.1) is 0 Å². The third kappa shape index (κ3) is 3.26. The van der Waals surface area contributed by atoms with Crippen LogP contribution in [-0.2, 0) is 19.0 Å². The molecule has 2 aromatic rings. The van der Waals surface area contributed by atoms with Gasteiger partial charge >= 0.3 is 7.12 Å². The zero-order chi connectivity index (χ0) is 22.4. The molecule has 4 atom stereocenters. The summed E-state index contributed by atoms with van der Waals surface area (Å²) in [5.74, 6) is -1.91. The third-order valence-corrected chi connectivity index (χ3v) is 6.83. The number of phenolic OH excluding ortho intramolecular Hbond substituents is 1. The predicted molar refractivity (Wildman–Crippen MR) is 117 cm³/mol. The number of fused-ring (bicyclic) bond motifs is 3. The molecule has 8 heteroatoms. The maximum absolute atomic E-state index is 13.6. The number of carbonyl (C=O) groups is 2. The summed E-state index contributed by atoms with van der Waals surface area (Å²) >= 11 is 0. The minimum absolute atomic E-state index is 0.0707. The number of rotatable bonds is 4. The average molecular weight is 433 g/mol. The van der Waals surface area contributed by atoms with Crippen molar-refractivity contribution >= 4 is 24.6 Å². The van der Waals surface area contributed by atoms with Crippen LogP contribution in [0.1, 0.15) is 24.5 Å². The van der Waals surface area contributed by atoms with Gasteiger partial charge in [0.2, 0.25) is 11.8 Å². The molecular weight excluding hydrogens is 409 g/mol. The molecule has 2 fully saturated rings. The minimum atomic E-state index is -1.24. The van der Waals surface area contributed by atoms with Crippen molar-refractivity contribution in [2.24, 2.45) is 17.8 Å². The first-order valence-electron chi connectivity index (χ1n) is 10.8. The van der Waals surface area contributed by atoms with Crippen molar-refractivity contribution in [1.82, 2.24) is 0 Å². The Hall–Kier alpha value is -2.94. The molecule has 2 aliphatic heterocycles. The van der Waals surface area contributed by atoms with Gasteiger partial charge in [-0.2, -0.15) is 0 Å². The normalized spacial score (nSPS) is 27.6. The summed E-state index contributed by atoms with van der Waals surface area (Å²) < 4.78 is 11.3. The molecular formula is C24H24BNO6. The van der Waals surface area contributed by atoms with Crippen molar-refractivity contribution in [3.8, 4) is 5.75 Å². The number of nitrogens with zero attached hydrogens (tertiary/aromatic N) is 1. The summed E-state index contributed by atoms with van der Waals surface area (Å²) in [6.07, 6.45) is 0.121. The highest BCUT2D eigenvalue weighted by Gasteiger charge is 2.58. The number of hydrogen-bond acceptors (Lipinski definition) is 6. The lowest BCUT2D eigenvalue weighted by atomic mass is 9.55. The second-order valence-electron chi connectivity index (χ2n) is 8.55. The van der Waals surface area contributed by atoms with E-state index >= 15 is 0 Å². The number of aromatic hydroxyl groups is 1. The van der Waals surface area contributed by atoms with Gasteiger partial charge in [-0.25, -0.2) is 0 Å². The smallest absolute Gasteiger partial charge is 0.487 e. The fourth-order valence-corrected chi connectivity index (χ4v) is 5.51. The zero-order valence-corrected chi connectivity index (χ0v) is 17.7. The second-order valence-corrected chi connectivity index (χ2v) is 8.55. The van der Waals surface area contributed by atoms with Crippen LogP contribution in [-0.4, -0.2) is 42.8 Å². The number of imide groups is 1. The molecule has 164 valence electrons. The standard InChI is InChI=1S/C24H24BNO6/c1-31-13-14-11-18-21(24(29)26(23(18)28)15-7-3-2-4-8-15)17-12-20(32-25(30)22(14)17)16-9-5-6-10-19(16)27/h2-10,17-18,20-21,27,30H,11-13H2,1H3/t17-,18-,20-,21+/m0/s1. The van der Waals surface area contributed by atoms with E-state index in [4.69, 9.17) is 9.39 Å². The van der Waals surface area contributed by atoms with E-state index in [1.807, 2.05) is 6.07 Å². The molecule has 0 saturated carbocycles. The molecule has 32 heavy (non-hydrogen) atoms. The fourth-order valence-electron chi connectivity index (χ4n) is 5.51. The van der Waals surface area contributed by atoms with Crippen LogP contribution in [0.2, 0.25) is 0 Å². The van der Waals surface area contributed by atoms with Crippen molar-refractivity contribution in [1.29, 1.82) is 0 Å². The van der Waals surface area contributed by atoms with Crippen LogP contribution in [0.5, 0.6) is 5.75 Å². The van der Waals surface area contributed by atoms with Gasteiger partial charge in [-0.3, -0.25) is 14.5 Å². The number of methoxy groups -OCH3 is 1. The van der Waals surface area contributed by atoms with Gasteiger partial charge in [0.25, 0.3) is 0 Å². The Morgan fingerprint density at radius 3 is 2.50 bits per heavy atom. The largest absolute Gasteiger partial charge is 0.508 e. The fraction of sp³-hybridized carbons (Fsp3) is 0.333. The van der Waals surface area contributed by atoms with Crippen LogP contribution < -0.4 is 4.90 Å². The number of carbonyl (C=O) groups excluding carboxylic acids is 2. The number of allylic oxidation sites excluding steroid dienone is 1. The highest BCUT2D eigenvalue weighted by atomic mass is 16.5. The van der Waals surface area contributed by atoms with Crippen LogP contribution in [0.25, 0.3) is 0 Å². The third-order valence-electron chi connectivity index (χ3n) is 6.83. The average Bonchev–Trinajstić information content (AvgIpc) is 3.04. The zero-order valence-electron chi connectivity index (χ0n) is 17.7. The van der Waals surface area contributed by atoms with E-state index in [0.29, 0.717) is 29.6 Å². The molecule has 0 spiro atoms. The summed E-state index contributed by atoms with van der Waals surface area (Å²) in [7, 11) is 0.325. The number of ether oxygens (including phenoxy) is 1. The minimum Gasteiger partial charge on any atom is -0.508 e. The van der Waals surface area contributed by atoms with Crippen molar-refractivity contribution < 1.29 is 29.1 Å². The van der Waals surface area contributed by atoms with Gasteiger partial charge in [-0.1, -0.05) is 36.4 Å². The van der Waals surface area contributed by atoms with Crippen molar-refractivity contribution in [3.63, 3.8) is 0 Å². The molecule has 0 aromatic heterocycles. The van der Waals surface area contributed by atoms with Crippen LogP contribution in [0.4, 0.5) is 5.69 Å². The number of para-hydroxylation sites is 2. The molecule has 2 aromatic carbocycles. The summed E-state index contributed by atoms with van der Waals surface area (Å²) in [5, 5.41) is 21.3. The summed E-state index contributed by atoms with van der Waals surface area (Å²) in [4.78, 5) is 28.2. The van der Waals surface area contributed by atoms with Crippen molar-refractivity contribution in [2.75, 3.05) is 18.6 Å². The van der Waals surface area contributed by atoms with E-state index < -0.39 is 31.0 Å². The summed E-state index contributed by atoms with van der Waals surface area (Å²) in [6.45, 7) is 0.254. The molecule has 7 nitrogen and oxygen atoms in total. The first-order valence-corrected chi connectivity index (χ1v) is 10.8. The summed E-state index contributed by atoms with van der Waals surface area (Å²) in [6, 6.07) is 15.7. The van der Waals surface area contributed by atoms with E-state index in [0.717, 1.165) is 5.57 Å². The van der Waals surface area contributed by atoms with Gasteiger partial charge < -0.3 is 19.5 Å². The highest BCUT2D eigenvalue weighted by Crippen LogP contribution is 2.52. The van der Waals surface area contributed by atoms with Gasteiger partial charge in [0.15, 0.2) is 0 Å². The van der Waals surface area contributed by atoms with Gasteiger partial charge in [0, 0.05) is 12.7 Å². The summed E-state index contributed by atoms with van der Waals surface area (Å²) in [5.41, 5.74) is 2.54. The number of amides is 2. The lowest BCUT2D eigenvalue weighted by Crippen LogP contribution is -2.45. The van der Waals surface area contributed by atoms with E-state index in [1.54, 1.807) is 55.6 Å². The van der Waals surface area contributed by atoms with E-state index in [-0.39, 0.29) is 24.2 Å². The molecule has 0 radical (unpaired) electrons. The van der Waals surface area contributed by atoms with Gasteiger partial charge in [0.05, 0.1) is 30.2 Å².